The van der Waals surface area contributed by atoms with Gasteiger partial charge in [-0.05, 0) is 43.9 Å². The fourth-order valence-electron chi connectivity index (χ4n) is 5.53. The first-order chi connectivity index (χ1) is 6.68. The van der Waals surface area contributed by atoms with E-state index < -0.39 is 5.60 Å². The van der Waals surface area contributed by atoms with Gasteiger partial charge in [-0.1, -0.05) is 0 Å². The molecule has 0 bridgehead atoms. The number of carbonyl (C=O) groups excluding carboxylic acids is 1. The van der Waals surface area contributed by atoms with Crippen molar-refractivity contribution in [1.82, 2.24) is 0 Å². The van der Waals surface area contributed by atoms with E-state index in [-0.39, 0.29) is 11.3 Å². The van der Waals surface area contributed by atoms with E-state index in [0.29, 0.717) is 17.6 Å². The van der Waals surface area contributed by atoms with Crippen molar-refractivity contribution in [3.05, 3.63) is 0 Å². The van der Waals surface area contributed by atoms with Gasteiger partial charge in [-0.25, -0.2) is 0 Å². The molecule has 2 nitrogen and oxygen atoms in total. The summed E-state index contributed by atoms with van der Waals surface area (Å²) in [4.78, 5) is 11.8. The molecule has 0 aliphatic heterocycles. The van der Waals surface area contributed by atoms with E-state index in [2.05, 4.69) is 0 Å². The second-order valence-electron chi connectivity index (χ2n) is 5.89. The van der Waals surface area contributed by atoms with Crippen molar-refractivity contribution in [2.24, 2.45) is 23.2 Å². The normalized spacial score (nSPS) is 63.8. The fraction of sp³-hybridized carbons (Fsp3) is 0.917. The van der Waals surface area contributed by atoms with E-state index in [0.717, 1.165) is 32.1 Å². The number of hydrogen-bond acceptors (Lipinski definition) is 2. The van der Waals surface area contributed by atoms with Crippen LogP contribution in [0.1, 0.15) is 38.5 Å². The Labute approximate surface area is 83.7 Å². The fourth-order valence-corrected chi connectivity index (χ4v) is 5.53. The van der Waals surface area contributed by atoms with E-state index in [1.54, 1.807) is 0 Å². The summed E-state index contributed by atoms with van der Waals surface area (Å²) in [5, 5.41) is 10.7. The van der Waals surface area contributed by atoms with Crippen LogP contribution in [0.5, 0.6) is 0 Å². The lowest BCUT2D eigenvalue weighted by Crippen LogP contribution is -2.56. The SMILES string of the molecule is O=C1C[C@H]2CC[C@@]3(O)CC[C@@H]4C[C@@H]1C243. The highest BCUT2D eigenvalue weighted by Gasteiger charge is 2.78. The molecule has 4 saturated carbocycles. The first-order valence-corrected chi connectivity index (χ1v) is 5.93. The zero-order chi connectivity index (χ0) is 9.55. The maximum atomic E-state index is 11.8. The van der Waals surface area contributed by atoms with Crippen LogP contribution in [0.25, 0.3) is 0 Å². The van der Waals surface area contributed by atoms with Crippen molar-refractivity contribution in [1.29, 1.82) is 0 Å². The van der Waals surface area contributed by atoms with Gasteiger partial charge in [-0.2, -0.15) is 0 Å². The third-order valence-corrected chi connectivity index (χ3v) is 5.90. The molecule has 0 aromatic rings. The largest absolute Gasteiger partial charge is 0.389 e. The molecule has 4 aliphatic rings. The van der Waals surface area contributed by atoms with Gasteiger partial charge in [0.15, 0.2) is 0 Å². The van der Waals surface area contributed by atoms with Gasteiger partial charge in [0.2, 0.25) is 0 Å². The van der Waals surface area contributed by atoms with Gasteiger partial charge in [0, 0.05) is 17.8 Å². The Kier molecular flexibility index (Phi) is 1.09. The molecule has 0 heterocycles. The van der Waals surface area contributed by atoms with Gasteiger partial charge < -0.3 is 5.11 Å². The first kappa shape index (κ1) is 7.86. The smallest absolute Gasteiger partial charge is 0.136 e. The topological polar surface area (TPSA) is 37.3 Å². The van der Waals surface area contributed by atoms with Crippen LogP contribution < -0.4 is 0 Å². The third-order valence-electron chi connectivity index (χ3n) is 5.90. The lowest BCUT2D eigenvalue weighted by molar-refractivity contribution is -0.158. The van der Waals surface area contributed by atoms with Crippen LogP contribution in [0, 0.1) is 23.2 Å². The average molecular weight is 192 g/mol. The number of hydrogen-bond donors (Lipinski definition) is 1. The molecule has 14 heavy (non-hydrogen) atoms. The Balaban J connectivity index is 1.92. The predicted octanol–water partition coefficient (Wildman–Crippen LogP) is 1.52. The zero-order valence-corrected chi connectivity index (χ0v) is 8.33. The Morgan fingerprint density at radius 3 is 2.71 bits per heavy atom. The van der Waals surface area contributed by atoms with Gasteiger partial charge >= 0.3 is 0 Å². The molecular formula is C12H16O2. The van der Waals surface area contributed by atoms with Gasteiger partial charge in [0.05, 0.1) is 5.60 Å². The van der Waals surface area contributed by atoms with Crippen LogP contribution in [0.4, 0.5) is 0 Å². The number of rotatable bonds is 0. The van der Waals surface area contributed by atoms with Crippen LogP contribution >= 0.6 is 0 Å². The Morgan fingerprint density at radius 1 is 1.21 bits per heavy atom. The number of Topliss-reactive ketones (excluding diaryl/α,β-unsaturated/α-hetero) is 1. The number of carbonyl (C=O) groups is 1. The Hall–Kier alpha value is -0.370. The molecule has 5 atom stereocenters. The van der Waals surface area contributed by atoms with Crippen LogP contribution in [-0.4, -0.2) is 16.5 Å². The molecule has 0 aromatic carbocycles. The molecule has 2 heteroatoms. The molecule has 1 spiro atoms. The number of ketones is 1. The molecule has 0 radical (unpaired) electrons. The predicted molar refractivity (Wildman–Crippen MR) is 50.6 cm³/mol. The minimum absolute atomic E-state index is 0.0874. The monoisotopic (exact) mass is 192 g/mol. The second kappa shape index (κ2) is 1.95. The highest BCUT2D eigenvalue weighted by atomic mass is 16.3. The van der Waals surface area contributed by atoms with E-state index in [9.17, 15) is 9.90 Å². The minimum atomic E-state index is -0.433. The quantitative estimate of drug-likeness (QED) is 0.631. The van der Waals surface area contributed by atoms with E-state index in [1.807, 2.05) is 0 Å². The first-order valence-electron chi connectivity index (χ1n) is 5.93. The summed E-state index contributed by atoms with van der Waals surface area (Å²) in [7, 11) is 0. The number of aliphatic hydroxyl groups is 1. The lowest BCUT2D eigenvalue weighted by atomic mass is 9.51. The average Bonchev–Trinajstić information content (AvgIpc) is 2.56. The molecule has 4 fully saturated rings. The Bertz CT molecular complexity index is 333. The van der Waals surface area contributed by atoms with Crippen molar-refractivity contribution < 1.29 is 9.90 Å². The Morgan fingerprint density at radius 2 is 1.93 bits per heavy atom. The van der Waals surface area contributed by atoms with Gasteiger partial charge in [-0.15, -0.1) is 0 Å². The van der Waals surface area contributed by atoms with Gasteiger partial charge in [0.1, 0.15) is 5.78 Å². The zero-order valence-electron chi connectivity index (χ0n) is 8.33. The summed E-state index contributed by atoms with van der Waals surface area (Å²) in [6.07, 6.45) is 6.10. The lowest BCUT2D eigenvalue weighted by Gasteiger charge is -2.53. The molecular weight excluding hydrogens is 176 g/mol. The summed E-state index contributed by atoms with van der Waals surface area (Å²) in [5.41, 5.74) is -0.346. The van der Waals surface area contributed by atoms with Crippen molar-refractivity contribution in [3.63, 3.8) is 0 Å². The highest BCUT2D eigenvalue weighted by Crippen LogP contribution is 2.77. The van der Waals surface area contributed by atoms with Gasteiger partial charge in [0.25, 0.3) is 0 Å². The summed E-state index contributed by atoms with van der Waals surface area (Å²) in [6.45, 7) is 0. The summed E-state index contributed by atoms with van der Waals surface area (Å²) in [5.74, 6) is 1.96. The molecule has 4 rings (SSSR count). The van der Waals surface area contributed by atoms with Crippen LogP contribution in [0.3, 0.4) is 0 Å². The standard InChI is InChI=1S/C12H16O2/c13-10-6-8-2-4-11(14)3-1-7-5-9(10)12(7,8)11/h7-9,14H,1-6H2/t7-,8-,9+,11+,12?/m1/s1. The molecule has 76 valence electrons. The minimum Gasteiger partial charge on any atom is -0.389 e. The summed E-state index contributed by atoms with van der Waals surface area (Å²) < 4.78 is 0. The molecule has 0 amide bonds. The van der Waals surface area contributed by atoms with E-state index >= 15 is 0 Å². The van der Waals surface area contributed by atoms with Crippen LogP contribution in [0.15, 0.2) is 0 Å². The van der Waals surface area contributed by atoms with Crippen LogP contribution in [0.2, 0.25) is 0 Å². The summed E-state index contributed by atoms with van der Waals surface area (Å²) in [6, 6.07) is 0. The molecule has 1 N–H and O–H groups in total. The highest BCUT2D eigenvalue weighted by molar-refractivity contribution is 5.87. The summed E-state index contributed by atoms with van der Waals surface area (Å²) >= 11 is 0. The van der Waals surface area contributed by atoms with Crippen molar-refractivity contribution in [3.8, 4) is 0 Å². The van der Waals surface area contributed by atoms with E-state index in [1.165, 1.54) is 6.42 Å². The maximum Gasteiger partial charge on any atom is 0.136 e. The van der Waals surface area contributed by atoms with Crippen LogP contribution in [-0.2, 0) is 4.79 Å². The van der Waals surface area contributed by atoms with Crippen molar-refractivity contribution in [2.75, 3.05) is 0 Å². The maximum absolute atomic E-state index is 11.8. The molecule has 0 saturated heterocycles. The second-order valence-corrected chi connectivity index (χ2v) is 5.89. The molecule has 0 aromatic heterocycles. The third kappa shape index (κ3) is 0.513. The van der Waals surface area contributed by atoms with E-state index in [4.69, 9.17) is 0 Å². The van der Waals surface area contributed by atoms with Crippen molar-refractivity contribution in [2.45, 2.75) is 44.1 Å². The van der Waals surface area contributed by atoms with Crippen molar-refractivity contribution >= 4 is 5.78 Å². The molecule has 4 aliphatic carbocycles. The molecule has 1 unspecified atom stereocenters. The van der Waals surface area contributed by atoms with Gasteiger partial charge in [-0.3, -0.25) is 4.79 Å².